The predicted octanol–water partition coefficient (Wildman–Crippen LogP) is 2.69. The third-order valence-electron chi connectivity index (χ3n) is 4.23. The fourth-order valence-corrected chi connectivity index (χ4v) is 3.10. The highest BCUT2D eigenvalue weighted by atomic mass is 15.3. The Morgan fingerprint density at radius 1 is 1.14 bits per heavy atom. The van der Waals surface area contributed by atoms with Gasteiger partial charge in [0.05, 0.1) is 11.4 Å². The zero-order valence-corrected chi connectivity index (χ0v) is 13.4. The summed E-state index contributed by atoms with van der Waals surface area (Å²) in [6.07, 6.45) is 4.77. The molecule has 4 nitrogen and oxygen atoms in total. The van der Waals surface area contributed by atoms with E-state index < -0.39 is 0 Å². The zero-order valence-electron chi connectivity index (χ0n) is 13.4. The number of aromatic nitrogens is 2. The molecule has 0 saturated carbocycles. The first kappa shape index (κ1) is 15.3. The van der Waals surface area contributed by atoms with E-state index in [0.717, 1.165) is 24.5 Å². The fourth-order valence-electron chi connectivity index (χ4n) is 3.10. The molecule has 0 amide bonds. The second kappa shape index (κ2) is 7.56. The fraction of sp³-hybridized carbons (Fsp3) is 0.500. The number of benzene rings is 1. The normalized spacial score (nSPS) is 17.0. The lowest BCUT2D eigenvalue weighted by Gasteiger charge is -2.20. The molecule has 4 heteroatoms. The zero-order chi connectivity index (χ0) is 15.2. The van der Waals surface area contributed by atoms with E-state index in [4.69, 9.17) is 0 Å². The summed E-state index contributed by atoms with van der Waals surface area (Å²) in [5, 5.41) is 8.16. The number of likely N-dealkylation sites (tertiary alicyclic amines) is 1. The highest BCUT2D eigenvalue weighted by Crippen LogP contribution is 2.10. The van der Waals surface area contributed by atoms with Crippen LogP contribution in [0.2, 0.25) is 0 Å². The molecule has 2 aromatic rings. The molecule has 0 aliphatic carbocycles. The quantitative estimate of drug-likeness (QED) is 0.853. The highest BCUT2D eigenvalue weighted by molar-refractivity contribution is 5.30. The molecule has 0 spiro atoms. The van der Waals surface area contributed by atoms with Gasteiger partial charge in [-0.2, -0.15) is 5.10 Å². The van der Waals surface area contributed by atoms with Crippen LogP contribution in [0.4, 0.5) is 0 Å². The standard InChI is InChI=1S/C18H26N4/c1-16(15-21-10-5-6-11-21)13-19-14-17-9-12-22(20-17)18-7-3-2-4-8-18/h2-4,7-9,12,16,19H,5-6,10-11,13-15H2,1H3. The lowest BCUT2D eigenvalue weighted by atomic mass is 10.1. The van der Waals surface area contributed by atoms with E-state index in [0.29, 0.717) is 5.92 Å². The van der Waals surface area contributed by atoms with Crippen LogP contribution in [0.1, 0.15) is 25.5 Å². The summed E-state index contributed by atoms with van der Waals surface area (Å²) in [4.78, 5) is 2.58. The van der Waals surface area contributed by atoms with E-state index >= 15 is 0 Å². The van der Waals surface area contributed by atoms with Crippen LogP contribution in [0, 0.1) is 5.92 Å². The Kier molecular flexibility index (Phi) is 5.24. The van der Waals surface area contributed by atoms with Gasteiger partial charge in [-0.05, 0) is 56.6 Å². The van der Waals surface area contributed by atoms with Crippen molar-refractivity contribution >= 4 is 0 Å². The third kappa shape index (κ3) is 4.18. The molecule has 3 rings (SSSR count). The summed E-state index contributed by atoms with van der Waals surface area (Å²) < 4.78 is 1.94. The Morgan fingerprint density at radius 3 is 2.68 bits per heavy atom. The summed E-state index contributed by atoms with van der Waals surface area (Å²) in [6, 6.07) is 12.3. The van der Waals surface area contributed by atoms with Crippen LogP contribution in [-0.2, 0) is 6.54 Å². The summed E-state index contributed by atoms with van der Waals surface area (Å²) in [5.74, 6) is 0.689. The maximum Gasteiger partial charge on any atom is 0.0766 e. The molecule has 1 aromatic carbocycles. The Hall–Kier alpha value is -1.65. The second-order valence-corrected chi connectivity index (χ2v) is 6.33. The van der Waals surface area contributed by atoms with Crippen molar-refractivity contribution < 1.29 is 0 Å². The number of nitrogens with zero attached hydrogens (tertiary/aromatic N) is 3. The summed E-state index contributed by atoms with van der Waals surface area (Å²) >= 11 is 0. The van der Waals surface area contributed by atoms with Gasteiger partial charge in [0.15, 0.2) is 0 Å². The molecular formula is C18H26N4. The molecule has 1 N–H and O–H groups in total. The minimum atomic E-state index is 0.689. The van der Waals surface area contributed by atoms with E-state index in [-0.39, 0.29) is 0 Å². The van der Waals surface area contributed by atoms with E-state index in [1.165, 1.54) is 32.5 Å². The van der Waals surface area contributed by atoms with Crippen LogP contribution in [0.3, 0.4) is 0 Å². The van der Waals surface area contributed by atoms with Gasteiger partial charge in [0.2, 0.25) is 0 Å². The van der Waals surface area contributed by atoms with E-state index in [2.05, 4.69) is 40.4 Å². The van der Waals surface area contributed by atoms with Crippen molar-refractivity contribution in [3.8, 4) is 5.69 Å². The van der Waals surface area contributed by atoms with Gasteiger partial charge in [0.25, 0.3) is 0 Å². The molecule has 1 aliphatic heterocycles. The number of rotatable bonds is 7. The van der Waals surface area contributed by atoms with Crippen LogP contribution in [0.5, 0.6) is 0 Å². The van der Waals surface area contributed by atoms with Gasteiger partial charge in [-0.15, -0.1) is 0 Å². The van der Waals surface area contributed by atoms with Gasteiger partial charge in [-0.25, -0.2) is 4.68 Å². The Bertz CT molecular complexity index is 557. The predicted molar refractivity (Wildman–Crippen MR) is 90.1 cm³/mol. The third-order valence-corrected chi connectivity index (χ3v) is 4.23. The van der Waals surface area contributed by atoms with Crippen molar-refractivity contribution in [2.45, 2.75) is 26.3 Å². The lowest BCUT2D eigenvalue weighted by Crippen LogP contribution is -2.31. The first-order valence-electron chi connectivity index (χ1n) is 8.34. The molecule has 1 atom stereocenters. The molecule has 22 heavy (non-hydrogen) atoms. The molecule has 0 bridgehead atoms. The molecule has 1 saturated heterocycles. The number of para-hydroxylation sites is 1. The molecule has 1 fully saturated rings. The van der Waals surface area contributed by atoms with Crippen molar-refractivity contribution in [3.05, 3.63) is 48.3 Å². The molecule has 0 radical (unpaired) electrons. The topological polar surface area (TPSA) is 33.1 Å². The second-order valence-electron chi connectivity index (χ2n) is 6.33. The molecule has 1 aromatic heterocycles. The van der Waals surface area contributed by atoms with Gasteiger partial charge in [0, 0.05) is 19.3 Å². The van der Waals surface area contributed by atoms with E-state index in [1.54, 1.807) is 0 Å². The van der Waals surface area contributed by atoms with E-state index in [9.17, 15) is 0 Å². The molecular weight excluding hydrogens is 272 g/mol. The van der Waals surface area contributed by atoms with Crippen molar-refractivity contribution in [1.82, 2.24) is 20.0 Å². The average Bonchev–Trinajstić information content (AvgIpc) is 3.20. The van der Waals surface area contributed by atoms with Crippen molar-refractivity contribution in [2.24, 2.45) is 5.92 Å². The van der Waals surface area contributed by atoms with Gasteiger partial charge in [-0.1, -0.05) is 25.1 Å². The SMILES string of the molecule is CC(CNCc1ccn(-c2ccccc2)n1)CN1CCCC1. The van der Waals surface area contributed by atoms with Gasteiger partial charge >= 0.3 is 0 Å². The molecule has 1 aliphatic rings. The van der Waals surface area contributed by atoms with Crippen LogP contribution in [0.25, 0.3) is 5.69 Å². The Balaban J connectivity index is 1.43. The van der Waals surface area contributed by atoms with Crippen LogP contribution in [-0.4, -0.2) is 40.9 Å². The van der Waals surface area contributed by atoms with Crippen LogP contribution < -0.4 is 5.32 Å². The highest BCUT2D eigenvalue weighted by Gasteiger charge is 2.14. The largest absolute Gasteiger partial charge is 0.311 e. The minimum Gasteiger partial charge on any atom is -0.311 e. The number of nitrogens with one attached hydrogen (secondary N) is 1. The van der Waals surface area contributed by atoms with Gasteiger partial charge < -0.3 is 10.2 Å². The summed E-state index contributed by atoms with van der Waals surface area (Å²) in [7, 11) is 0. The van der Waals surface area contributed by atoms with Crippen LogP contribution in [0.15, 0.2) is 42.6 Å². The smallest absolute Gasteiger partial charge is 0.0766 e. The first-order chi connectivity index (χ1) is 10.8. The number of hydrogen-bond donors (Lipinski definition) is 1. The Labute approximate surface area is 133 Å². The Morgan fingerprint density at radius 2 is 1.91 bits per heavy atom. The summed E-state index contributed by atoms with van der Waals surface area (Å²) in [5.41, 5.74) is 2.20. The maximum atomic E-state index is 4.62. The maximum absolute atomic E-state index is 4.62. The summed E-state index contributed by atoms with van der Waals surface area (Å²) in [6.45, 7) is 8.00. The number of hydrogen-bond acceptors (Lipinski definition) is 3. The van der Waals surface area contributed by atoms with Gasteiger partial charge in [-0.3, -0.25) is 0 Å². The van der Waals surface area contributed by atoms with Crippen molar-refractivity contribution in [3.63, 3.8) is 0 Å². The molecule has 1 unspecified atom stereocenters. The van der Waals surface area contributed by atoms with Crippen molar-refractivity contribution in [1.29, 1.82) is 0 Å². The molecule has 2 heterocycles. The molecule has 118 valence electrons. The minimum absolute atomic E-state index is 0.689. The first-order valence-corrected chi connectivity index (χ1v) is 8.34. The van der Waals surface area contributed by atoms with Crippen molar-refractivity contribution in [2.75, 3.05) is 26.2 Å². The van der Waals surface area contributed by atoms with Gasteiger partial charge in [0.1, 0.15) is 0 Å². The van der Waals surface area contributed by atoms with E-state index in [1.807, 2.05) is 29.1 Å². The monoisotopic (exact) mass is 298 g/mol. The van der Waals surface area contributed by atoms with Crippen LogP contribution >= 0.6 is 0 Å². The lowest BCUT2D eigenvalue weighted by molar-refractivity contribution is 0.282. The average molecular weight is 298 g/mol.